The Morgan fingerprint density at radius 1 is 1.10 bits per heavy atom. The highest BCUT2D eigenvalue weighted by molar-refractivity contribution is 8.03. The number of amides is 1. The summed E-state index contributed by atoms with van der Waals surface area (Å²) in [6, 6.07) is 14.0. The number of carboxylic acids is 1. The predicted octanol–water partition coefficient (Wildman–Crippen LogP) is 4.42. The molecule has 0 fully saturated rings. The third kappa shape index (κ3) is 6.84. The lowest BCUT2D eigenvalue weighted by Crippen LogP contribution is -2.19. The first kappa shape index (κ1) is 22.3. The van der Waals surface area contributed by atoms with Crippen molar-refractivity contribution in [3.8, 4) is 0 Å². The zero-order chi connectivity index (χ0) is 21.3. The Bertz CT molecular complexity index is 1060. The zero-order valence-electron chi connectivity index (χ0n) is 15.3. The number of carbonyl (C=O) groups is 2. The number of benzene rings is 2. The normalized spacial score (nSPS) is 11.0. The van der Waals surface area contributed by atoms with Crippen LogP contribution in [0.3, 0.4) is 0 Å². The Morgan fingerprint density at radius 3 is 2.53 bits per heavy atom. The molecule has 1 aromatic heterocycles. The fourth-order valence-corrected chi connectivity index (χ4v) is 5.07. The summed E-state index contributed by atoms with van der Waals surface area (Å²) in [5, 5.41) is 21.9. The molecule has 0 atom stereocenters. The molecule has 11 heteroatoms. The lowest BCUT2D eigenvalue weighted by Gasteiger charge is -2.00. The maximum Gasteiger partial charge on any atom is 0.336 e. The Hall–Kier alpha value is -2.40. The Balaban J connectivity index is 1.44. The van der Waals surface area contributed by atoms with Crippen LogP contribution in [0.1, 0.15) is 21.5 Å². The molecule has 2 N–H and O–H groups in total. The number of carboxylic acid groups (broad SMARTS) is 1. The number of nitrogens with zero attached hydrogens (tertiary/aromatic N) is 3. The number of thioether (sulfide) groups is 2. The summed E-state index contributed by atoms with van der Waals surface area (Å²) < 4.78 is 1.50. The molecule has 0 bridgehead atoms. The minimum atomic E-state index is -1.06. The number of rotatable bonds is 9. The third-order valence-corrected chi connectivity index (χ3v) is 7.09. The van der Waals surface area contributed by atoms with Crippen LogP contribution in [-0.2, 0) is 10.5 Å². The van der Waals surface area contributed by atoms with Gasteiger partial charge < -0.3 is 5.11 Å². The van der Waals surface area contributed by atoms with Crippen LogP contribution in [0.25, 0.3) is 0 Å². The summed E-state index contributed by atoms with van der Waals surface area (Å²) in [5.41, 5.74) is 4.04. The first-order valence-corrected chi connectivity index (χ1v) is 11.7. The molecule has 0 radical (unpaired) electrons. The maximum absolute atomic E-state index is 11.9. The minimum absolute atomic E-state index is 0.113. The predicted molar refractivity (Wildman–Crippen MR) is 121 cm³/mol. The molecule has 1 amide bonds. The van der Waals surface area contributed by atoms with Crippen molar-refractivity contribution >= 4 is 64.6 Å². The van der Waals surface area contributed by atoms with Crippen LogP contribution in [-0.4, -0.2) is 39.1 Å². The van der Waals surface area contributed by atoms with Gasteiger partial charge in [0, 0.05) is 16.3 Å². The first-order valence-electron chi connectivity index (χ1n) is 8.49. The van der Waals surface area contributed by atoms with Crippen LogP contribution in [0.2, 0.25) is 5.02 Å². The van der Waals surface area contributed by atoms with Crippen LogP contribution >= 0.6 is 46.5 Å². The molecule has 30 heavy (non-hydrogen) atoms. The van der Waals surface area contributed by atoms with E-state index in [1.54, 1.807) is 30.0 Å². The molecule has 154 valence electrons. The van der Waals surface area contributed by atoms with Crippen molar-refractivity contribution in [1.29, 1.82) is 0 Å². The Labute approximate surface area is 190 Å². The van der Waals surface area contributed by atoms with E-state index in [9.17, 15) is 9.59 Å². The van der Waals surface area contributed by atoms with E-state index in [4.69, 9.17) is 16.7 Å². The molecule has 7 nitrogen and oxygen atoms in total. The van der Waals surface area contributed by atoms with Crippen LogP contribution in [0.5, 0.6) is 0 Å². The van der Waals surface area contributed by atoms with E-state index in [0.29, 0.717) is 14.9 Å². The van der Waals surface area contributed by atoms with E-state index in [-0.39, 0.29) is 17.2 Å². The van der Waals surface area contributed by atoms with E-state index in [2.05, 4.69) is 20.7 Å². The highest BCUT2D eigenvalue weighted by Crippen LogP contribution is 2.30. The minimum Gasteiger partial charge on any atom is -0.478 e. The van der Waals surface area contributed by atoms with Crippen LogP contribution < -0.4 is 5.43 Å². The standard InChI is InChI=1S/C19H15ClN4O3S3/c20-14-7-5-12(6-8-14)10-28-18-23-24-19(30-18)29-11-16(25)22-21-9-13-3-1-2-4-15(13)17(26)27/h1-9H,10-11H2,(H,22,25)(H,26,27)/b21-9-. The fraction of sp³-hybridized carbons (Fsp3) is 0.105. The Morgan fingerprint density at radius 2 is 1.80 bits per heavy atom. The topological polar surface area (TPSA) is 105 Å². The number of aromatic carboxylic acids is 1. The van der Waals surface area contributed by atoms with E-state index >= 15 is 0 Å². The monoisotopic (exact) mass is 478 g/mol. The molecule has 0 unspecified atom stereocenters. The summed E-state index contributed by atoms with van der Waals surface area (Å²) in [5.74, 6) is -0.507. The van der Waals surface area contributed by atoms with Crippen molar-refractivity contribution in [3.05, 3.63) is 70.2 Å². The van der Waals surface area contributed by atoms with Gasteiger partial charge in [-0.1, -0.05) is 76.8 Å². The SMILES string of the molecule is O=C(CSc1nnc(SCc2ccc(Cl)cc2)s1)N/N=C\c1ccccc1C(=O)O. The number of halogens is 1. The number of nitrogens with one attached hydrogen (secondary N) is 1. The number of aromatic nitrogens is 2. The van der Waals surface area contributed by atoms with Crippen molar-refractivity contribution < 1.29 is 14.7 Å². The summed E-state index contributed by atoms with van der Waals surface area (Å²) >= 11 is 10.1. The second-order valence-corrected chi connectivity index (χ2v) is 9.58. The van der Waals surface area contributed by atoms with Gasteiger partial charge in [0.2, 0.25) is 0 Å². The number of hydrazone groups is 1. The van der Waals surface area contributed by atoms with E-state index in [1.165, 1.54) is 35.4 Å². The molecular weight excluding hydrogens is 464 g/mol. The molecule has 3 aromatic rings. The average Bonchev–Trinajstić information content (AvgIpc) is 3.20. The van der Waals surface area contributed by atoms with Gasteiger partial charge in [-0.2, -0.15) is 5.10 Å². The van der Waals surface area contributed by atoms with Crippen molar-refractivity contribution in [2.45, 2.75) is 14.4 Å². The molecule has 0 aliphatic heterocycles. The first-order chi connectivity index (χ1) is 14.5. The lowest BCUT2D eigenvalue weighted by atomic mass is 10.1. The van der Waals surface area contributed by atoms with Gasteiger partial charge in [-0.3, -0.25) is 4.79 Å². The van der Waals surface area contributed by atoms with Crippen LogP contribution in [0.15, 0.2) is 62.3 Å². The van der Waals surface area contributed by atoms with Crippen molar-refractivity contribution in [3.63, 3.8) is 0 Å². The van der Waals surface area contributed by atoms with Gasteiger partial charge in [-0.05, 0) is 23.8 Å². The van der Waals surface area contributed by atoms with Crippen molar-refractivity contribution in [2.75, 3.05) is 5.75 Å². The summed E-state index contributed by atoms with van der Waals surface area (Å²) in [7, 11) is 0. The third-order valence-electron chi connectivity index (χ3n) is 3.57. The number of hydrogen-bond donors (Lipinski definition) is 2. The molecule has 0 aliphatic carbocycles. The molecule has 1 heterocycles. The second kappa shape index (κ2) is 11.1. The van der Waals surface area contributed by atoms with Gasteiger partial charge >= 0.3 is 5.97 Å². The lowest BCUT2D eigenvalue weighted by molar-refractivity contribution is -0.118. The number of hydrogen-bond acceptors (Lipinski definition) is 8. The van der Waals surface area contributed by atoms with Gasteiger partial charge in [0.05, 0.1) is 17.5 Å². The molecule has 0 saturated heterocycles. The van der Waals surface area contributed by atoms with E-state index in [1.807, 2.05) is 24.3 Å². The van der Waals surface area contributed by atoms with Gasteiger partial charge in [0.1, 0.15) is 0 Å². The second-order valence-electron chi connectivity index (χ2n) is 5.72. The maximum atomic E-state index is 11.9. The summed E-state index contributed by atoms with van der Waals surface area (Å²) in [4.78, 5) is 23.1. The van der Waals surface area contributed by atoms with Crippen LogP contribution in [0.4, 0.5) is 0 Å². The average molecular weight is 479 g/mol. The molecule has 0 spiro atoms. The largest absolute Gasteiger partial charge is 0.478 e. The van der Waals surface area contributed by atoms with E-state index in [0.717, 1.165) is 15.7 Å². The van der Waals surface area contributed by atoms with Gasteiger partial charge in [0.15, 0.2) is 8.68 Å². The highest BCUT2D eigenvalue weighted by Gasteiger charge is 2.09. The molecule has 3 rings (SSSR count). The molecule has 0 saturated carbocycles. The fourth-order valence-electron chi connectivity index (χ4n) is 2.18. The Kier molecular flexibility index (Phi) is 8.26. The molecular formula is C19H15ClN4O3S3. The summed E-state index contributed by atoms with van der Waals surface area (Å²) in [6.07, 6.45) is 1.31. The molecule has 2 aromatic carbocycles. The van der Waals surface area contributed by atoms with Gasteiger partial charge in [-0.15, -0.1) is 10.2 Å². The zero-order valence-corrected chi connectivity index (χ0v) is 18.5. The molecule has 0 aliphatic rings. The van der Waals surface area contributed by atoms with Crippen LogP contribution in [0, 0.1) is 0 Å². The van der Waals surface area contributed by atoms with E-state index < -0.39 is 5.97 Å². The van der Waals surface area contributed by atoms with Gasteiger partial charge in [0.25, 0.3) is 5.91 Å². The van der Waals surface area contributed by atoms with Gasteiger partial charge in [-0.25, -0.2) is 10.2 Å². The summed E-state index contributed by atoms with van der Waals surface area (Å²) in [6.45, 7) is 0. The van der Waals surface area contributed by atoms with Crippen molar-refractivity contribution in [1.82, 2.24) is 15.6 Å². The quantitative estimate of drug-likeness (QED) is 0.266. The highest BCUT2D eigenvalue weighted by atomic mass is 35.5. The van der Waals surface area contributed by atoms with Crippen molar-refractivity contribution in [2.24, 2.45) is 5.10 Å². The number of carbonyl (C=O) groups excluding carboxylic acids is 1. The smallest absolute Gasteiger partial charge is 0.336 e.